The zero-order valence-electron chi connectivity index (χ0n) is 9.77. The highest BCUT2D eigenvalue weighted by molar-refractivity contribution is 7.08. The van der Waals surface area contributed by atoms with Gasteiger partial charge in [0.25, 0.3) is 0 Å². The summed E-state index contributed by atoms with van der Waals surface area (Å²) in [6.07, 6.45) is 1.37. The van der Waals surface area contributed by atoms with Crippen LogP contribution in [0.2, 0.25) is 0 Å². The summed E-state index contributed by atoms with van der Waals surface area (Å²) in [6.45, 7) is 2.09. The number of para-hydroxylation sites is 1. The Hall–Kier alpha value is -1.61. The Morgan fingerprint density at radius 2 is 2.12 bits per heavy atom. The van der Waals surface area contributed by atoms with Crippen LogP contribution in [0.1, 0.15) is 18.1 Å². The summed E-state index contributed by atoms with van der Waals surface area (Å²) < 4.78 is 0. The molecule has 0 saturated carbocycles. The Morgan fingerprint density at radius 1 is 1.29 bits per heavy atom. The van der Waals surface area contributed by atoms with Gasteiger partial charge < -0.3 is 5.32 Å². The summed E-state index contributed by atoms with van der Waals surface area (Å²) >= 11 is 1.62. The molecule has 2 rings (SSSR count). The van der Waals surface area contributed by atoms with Crippen molar-refractivity contribution in [3.63, 3.8) is 0 Å². The number of amides is 1. The van der Waals surface area contributed by atoms with Crippen LogP contribution < -0.4 is 5.32 Å². The minimum Gasteiger partial charge on any atom is -0.326 e. The zero-order valence-corrected chi connectivity index (χ0v) is 10.6. The molecule has 2 aromatic rings. The van der Waals surface area contributed by atoms with Crippen molar-refractivity contribution >= 4 is 22.9 Å². The van der Waals surface area contributed by atoms with Crippen LogP contribution in [0.5, 0.6) is 0 Å². The van der Waals surface area contributed by atoms with Gasteiger partial charge in [-0.3, -0.25) is 4.79 Å². The van der Waals surface area contributed by atoms with E-state index in [2.05, 4.69) is 12.2 Å². The van der Waals surface area contributed by atoms with E-state index in [9.17, 15) is 4.79 Å². The van der Waals surface area contributed by atoms with E-state index in [0.29, 0.717) is 6.42 Å². The Morgan fingerprint density at radius 3 is 2.82 bits per heavy atom. The fourth-order valence-electron chi connectivity index (χ4n) is 1.72. The molecule has 0 radical (unpaired) electrons. The number of aryl methyl sites for hydroxylation is 1. The van der Waals surface area contributed by atoms with E-state index in [-0.39, 0.29) is 5.91 Å². The highest BCUT2D eigenvalue weighted by Crippen LogP contribution is 2.16. The van der Waals surface area contributed by atoms with Crippen molar-refractivity contribution in [2.24, 2.45) is 0 Å². The van der Waals surface area contributed by atoms with Crippen LogP contribution in [0.15, 0.2) is 41.1 Å². The van der Waals surface area contributed by atoms with Crippen LogP contribution in [0.25, 0.3) is 0 Å². The summed E-state index contributed by atoms with van der Waals surface area (Å²) in [5, 5.41) is 6.96. The fraction of sp³-hybridized carbons (Fsp3) is 0.214. The Kier molecular flexibility index (Phi) is 3.94. The number of anilines is 1. The topological polar surface area (TPSA) is 29.1 Å². The molecule has 0 spiro atoms. The van der Waals surface area contributed by atoms with Gasteiger partial charge in [-0.05, 0) is 40.4 Å². The van der Waals surface area contributed by atoms with Gasteiger partial charge in [0.2, 0.25) is 5.91 Å². The lowest BCUT2D eigenvalue weighted by Gasteiger charge is -2.08. The highest BCUT2D eigenvalue weighted by Gasteiger charge is 2.06. The molecular formula is C14H15NOS. The Balaban J connectivity index is 2.03. The molecule has 1 amide bonds. The molecule has 0 aliphatic rings. The van der Waals surface area contributed by atoms with Gasteiger partial charge in [-0.25, -0.2) is 0 Å². The number of rotatable bonds is 4. The quantitative estimate of drug-likeness (QED) is 0.877. The number of nitrogens with one attached hydrogen (secondary N) is 1. The number of thiophene rings is 1. The lowest BCUT2D eigenvalue weighted by molar-refractivity contribution is -0.115. The third-order valence-electron chi connectivity index (χ3n) is 2.62. The Labute approximate surface area is 105 Å². The van der Waals surface area contributed by atoms with E-state index in [1.807, 2.05) is 41.1 Å². The van der Waals surface area contributed by atoms with Gasteiger partial charge in [0, 0.05) is 5.69 Å². The van der Waals surface area contributed by atoms with Crippen LogP contribution in [-0.2, 0) is 17.6 Å². The van der Waals surface area contributed by atoms with Gasteiger partial charge in [0.05, 0.1) is 6.42 Å². The molecule has 1 heterocycles. The van der Waals surface area contributed by atoms with E-state index in [4.69, 9.17) is 0 Å². The van der Waals surface area contributed by atoms with E-state index >= 15 is 0 Å². The van der Waals surface area contributed by atoms with Gasteiger partial charge >= 0.3 is 0 Å². The summed E-state index contributed by atoms with van der Waals surface area (Å²) in [6, 6.07) is 9.91. The fourth-order valence-corrected chi connectivity index (χ4v) is 2.39. The Bertz CT molecular complexity index is 491. The summed E-state index contributed by atoms with van der Waals surface area (Å²) in [5.41, 5.74) is 3.17. The molecule has 0 atom stereocenters. The maximum atomic E-state index is 11.8. The number of carbonyl (C=O) groups excluding carboxylic acids is 1. The van der Waals surface area contributed by atoms with Crippen molar-refractivity contribution in [1.82, 2.24) is 0 Å². The molecule has 0 aliphatic carbocycles. The van der Waals surface area contributed by atoms with Crippen molar-refractivity contribution in [1.29, 1.82) is 0 Å². The number of benzene rings is 1. The molecule has 0 fully saturated rings. The molecule has 3 heteroatoms. The largest absolute Gasteiger partial charge is 0.326 e. The standard InChI is InChI=1S/C14H15NOS/c1-2-12-5-3-4-6-13(12)15-14(16)9-11-7-8-17-10-11/h3-8,10H,2,9H2,1H3,(H,15,16). The summed E-state index contributed by atoms with van der Waals surface area (Å²) in [4.78, 5) is 11.8. The lowest BCUT2D eigenvalue weighted by atomic mass is 10.1. The SMILES string of the molecule is CCc1ccccc1NC(=O)Cc1ccsc1. The van der Waals surface area contributed by atoms with Crippen molar-refractivity contribution in [3.8, 4) is 0 Å². The molecule has 1 N–H and O–H groups in total. The molecule has 1 aromatic carbocycles. The zero-order chi connectivity index (χ0) is 12.1. The van der Waals surface area contributed by atoms with E-state index in [1.54, 1.807) is 11.3 Å². The van der Waals surface area contributed by atoms with Gasteiger partial charge in [0.15, 0.2) is 0 Å². The molecule has 88 valence electrons. The minimum atomic E-state index is 0.0456. The molecule has 1 aromatic heterocycles. The molecule has 0 saturated heterocycles. The first-order valence-corrected chi connectivity index (χ1v) is 6.62. The predicted molar refractivity (Wildman–Crippen MR) is 72.5 cm³/mol. The number of hydrogen-bond donors (Lipinski definition) is 1. The van der Waals surface area contributed by atoms with Crippen molar-refractivity contribution in [3.05, 3.63) is 52.2 Å². The van der Waals surface area contributed by atoms with Gasteiger partial charge in [-0.15, -0.1) is 0 Å². The molecule has 2 nitrogen and oxygen atoms in total. The van der Waals surface area contributed by atoms with Gasteiger partial charge in [-0.1, -0.05) is 25.1 Å². The minimum absolute atomic E-state index is 0.0456. The number of hydrogen-bond acceptors (Lipinski definition) is 2. The average Bonchev–Trinajstić information content (AvgIpc) is 2.82. The van der Waals surface area contributed by atoms with Crippen LogP contribution in [0.3, 0.4) is 0 Å². The highest BCUT2D eigenvalue weighted by atomic mass is 32.1. The van der Waals surface area contributed by atoms with Gasteiger partial charge in [0.1, 0.15) is 0 Å². The van der Waals surface area contributed by atoms with Crippen molar-refractivity contribution < 1.29 is 4.79 Å². The molecular weight excluding hydrogens is 230 g/mol. The maximum absolute atomic E-state index is 11.8. The second-order valence-electron chi connectivity index (χ2n) is 3.87. The van der Waals surface area contributed by atoms with E-state index < -0.39 is 0 Å². The first-order valence-electron chi connectivity index (χ1n) is 5.68. The predicted octanol–water partition coefficient (Wildman–Crippen LogP) is 3.49. The van der Waals surface area contributed by atoms with E-state index in [1.165, 1.54) is 5.56 Å². The van der Waals surface area contributed by atoms with Crippen LogP contribution in [-0.4, -0.2) is 5.91 Å². The van der Waals surface area contributed by atoms with Crippen LogP contribution >= 0.6 is 11.3 Å². The monoisotopic (exact) mass is 245 g/mol. The lowest BCUT2D eigenvalue weighted by Crippen LogP contribution is -2.15. The molecule has 17 heavy (non-hydrogen) atoms. The smallest absolute Gasteiger partial charge is 0.228 e. The third kappa shape index (κ3) is 3.17. The average molecular weight is 245 g/mol. The third-order valence-corrected chi connectivity index (χ3v) is 3.35. The molecule has 0 unspecified atom stereocenters. The first kappa shape index (κ1) is 11.9. The van der Waals surface area contributed by atoms with Crippen LogP contribution in [0, 0.1) is 0 Å². The summed E-state index contributed by atoms with van der Waals surface area (Å²) in [7, 11) is 0. The maximum Gasteiger partial charge on any atom is 0.228 e. The second kappa shape index (κ2) is 5.64. The molecule has 0 aliphatic heterocycles. The van der Waals surface area contributed by atoms with Crippen LogP contribution in [0.4, 0.5) is 5.69 Å². The van der Waals surface area contributed by atoms with E-state index in [0.717, 1.165) is 17.7 Å². The summed E-state index contributed by atoms with van der Waals surface area (Å²) in [5.74, 6) is 0.0456. The first-order chi connectivity index (χ1) is 8.29. The van der Waals surface area contributed by atoms with Gasteiger partial charge in [-0.2, -0.15) is 11.3 Å². The van der Waals surface area contributed by atoms with Crippen molar-refractivity contribution in [2.45, 2.75) is 19.8 Å². The van der Waals surface area contributed by atoms with Crippen molar-refractivity contribution in [2.75, 3.05) is 5.32 Å². The number of carbonyl (C=O) groups is 1. The second-order valence-corrected chi connectivity index (χ2v) is 4.65. The molecule has 0 bridgehead atoms. The normalized spacial score (nSPS) is 10.2.